The molecule has 1 unspecified atom stereocenters. The van der Waals surface area contributed by atoms with Crippen molar-refractivity contribution in [2.75, 3.05) is 7.11 Å². The molecule has 0 radical (unpaired) electrons. The second-order valence-electron chi connectivity index (χ2n) is 5.16. The molecule has 2 heterocycles. The molecule has 0 spiro atoms. The van der Waals surface area contributed by atoms with Crippen molar-refractivity contribution in [2.24, 2.45) is 0 Å². The summed E-state index contributed by atoms with van der Waals surface area (Å²) in [4.78, 5) is 36.3. The number of fused-ring (bicyclic) bond motifs is 1. The fourth-order valence-electron chi connectivity index (χ4n) is 2.39. The normalized spacial score (nSPS) is 28.2. The van der Waals surface area contributed by atoms with E-state index in [0.29, 0.717) is 6.42 Å². The monoisotopic (exact) mass is 303 g/mol. The Labute approximate surface area is 120 Å². The third-order valence-electron chi connectivity index (χ3n) is 3.26. The molecular weight excluding hydrogens is 286 g/mol. The van der Waals surface area contributed by atoms with E-state index in [9.17, 15) is 14.4 Å². The SMILES string of the molecule is COC(=O)OC(C)OC(=O)[C@@H]1N2C(=O)C[C@H]2SC1(C)C. The van der Waals surface area contributed by atoms with Crippen molar-refractivity contribution in [3.05, 3.63) is 0 Å². The molecular formula is C12H17NO6S. The molecule has 0 saturated carbocycles. The van der Waals surface area contributed by atoms with Crippen LogP contribution < -0.4 is 0 Å². The van der Waals surface area contributed by atoms with E-state index in [2.05, 4.69) is 4.74 Å². The van der Waals surface area contributed by atoms with Crippen LogP contribution in [0.2, 0.25) is 0 Å². The molecule has 1 amide bonds. The van der Waals surface area contributed by atoms with Crippen molar-refractivity contribution in [3.63, 3.8) is 0 Å². The van der Waals surface area contributed by atoms with Crippen molar-refractivity contribution in [2.45, 2.75) is 49.6 Å². The number of methoxy groups -OCH3 is 1. The molecule has 0 N–H and O–H groups in total. The molecule has 0 bridgehead atoms. The fraction of sp³-hybridized carbons (Fsp3) is 0.750. The molecule has 0 aromatic carbocycles. The first-order valence-electron chi connectivity index (χ1n) is 6.20. The molecule has 2 saturated heterocycles. The number of thioether (sulfide) groups is 1. The Morgan fingerprint density at radius 3 is 2.60 bits per heavy atom. The number of hydrogen-bond donors (Lipinski definition) is 0. The summed E-state index contributed by atoms with van der Waals surface area (Å²) >= 11 is 1.58. The zero-order valence-electron chi connectivity index (χ0n) is 11.7. The smallest absolute Gasteiger partial charge is 0.438 e. The van der Waals surface area contributed by atoms with Crippen molar-refractivity contribution >= 4 is 29.8 Å². The summed E-state index contributed by atoms with van der Waals surface area (Å²) < 4.78 is 13.6. The minimum absolute atomic E-state index is 0.0341. The van der Waals surface area contributed by atoms with Gasteiger partial charge in [0.2, 0.25) is 12.2 Å². The predicted octanol–water partition coefficient (Wildman–Crippen LogP) is 1.11. The van der Waals surface area contributed by atoms with Gasteiger partial charge in [-0.25, -0.2) is 9.59 Å². The highest BCUT2D eigenvalue weighted by Crippen LogP contribution is 2.50. The summed E-state index contributed by atoms with van der Waals surface area (Å²) in [5, 5.41) is 0.0341. The highest BCUT2D eigenvalue weighted by atomic mass is 32.2. The fourth-order valence-corrected chi connectivity index (χ4v) is 4.01. The maximum absolute atomic E-state index is 12.2. The molecule has 2 aliphatic heterocycles. The number of hydrogen-bond acceptors (Lipinski definition) is 7. The summed E-state index contributed by atoms with van der Waals surface area (Å²) in [6, 6.07) is -0.664. The molecule has 2 fully saturated rings. The molecule has 112 valence electrons. The number of ether oxygens (including phenoxy) is 3. The van der Waals surface area contributed by atoms with Crippen LogP contribution in [-0.2, 0) is 23.8 Å². The van der Waals surface area contributed by atoms with E-state index in [-0.39, 0.29) is 11.3 Å². The minimum Gasteiger partial charge on any atom is -0.438 e. The maximum Gasteiger partial charge on any atom is 0.511 e. The van der Waals surface area contributed by atoms with Gasteiger partial charge in [0.1, 0.15) is 6.04 Å². The van der Waals surface area contributed by atoms with Crippen LogP contribution in [0.5, 0.6) is 0 Å². The lowest BCUT2D eigenvalue weighted by atomic mass is 9.98. The number of β-lactam (4-membered cyclic amide) rings is 1. The minimum atomic E-state index is -1.06. The van der Waals surface area contributed by atoms with Gasteiger partial charge in [-0.15, -0.1) is 11.8 Å². The Kier molecular flexibility index (Phi) is 3.86. The molecule has 0 aromatic heterocycles. The molecule has 2 aliphatic rings. The zero-order valence-corrected chi connectivity index (χ0v) is 12.6. The second-order valence-corrected chi connectivity index (χ2v) is 6.99. The van der Waals surface area contributed by atoms with Gasteiger partial charge >= 0.3 is 12.1 Å². The van der Waals surface area contributed by atoms with Crippen molar-refractivity contribution in [1.82, 2.24) is 4.90 Å². The topological polar surface area (TPSA) is 82.1 Å². The Morgan fingerprint density at radius 2 is 2.05 bits per heavy atom. The summed E-state index contributed by atoms with van der Waals surface area (Å²) in [6.45, 7) is 5.20. The van der Waals surface area contributed by atoms with Crippen LogP contribution in [0.4, 0.5) is 4.79 Å². The molecule has 0 aliphatic carbocycles. The van der Waals surface area contributed by atoms with Crippen LogP contribution in [0.15, 0.2) is 0 Å². The van der Waals surface area contributed by atoms with Crippen molar-refractivity contribution in [3.8, 4) is 0 Å². The summed E-state index contributed by atoms with van der Waals surface area (Å²) in [5.41, 5.74) is 0. The number of amides is 1. The van der Waals surface area contributed by atoms with Crippen LogP contribution in [0.25, 0.3) is 0 Å². The third-order valence-corrected chi connectivity index (χ3v) is 4.75. The Bertz CT molecular complexity index is 451. The van der Waals surface area contributed by atoms with E-state index in [1.807, 2.05) is 13.8 Å². The standard InChI is InChI=1S/C12H17NO6S/c1-6(19-11(16)17-4)18-10(15)9-12(2,3)20-8-5-7(14)13(8)9/h6,8-9H,5H2,1-4H3/t6?,8-,9+/m1/s1. The number of carbonyl (C=O) groups excluding carboxylic acids is 3. The molecule has 3 atom stereocenters. The zero-order chi connectivity index (χ0) is 15.1. The number of rotatable bonds is 3. The lowest BCUT2D eigenvalue weighted by Gasteiger charge is -2.37. The predicted molar refractivity (Wildman–Crippen MR) is 69.8 cm³/mol. The summed E-state index contributed by atoms with van der Waals surface area (Å²) in [6.07, 6.45) is -1.54. The quantitative estimate of drug-likeness (QED) is 0.439. The third kappa shape index (κ3) is 2.56. The van der Waals surface area contributed by atoms with E-state index in [4.69, 9.17) is 9.47 Å². The Hall–Kier alpha value is -1.44. The highest BCUT2D eigenvalue weighted by molar-refractivity contribution is 8.01. The number of carbonyl (C=O) groups is 3. The van der Waals surface area contributed by atoms with Crippen molar-refractivity contribution in [1.29, 1.82) is 0 Å². The van der Waals surface area contributed by atoms with Gasteiger partial charge in [-0.3, -0.25) is 4.79 Å². The Balaban J connectivity index is 2.01. The molecule has 20 heavy (non-hydrogen) atoms. The van der Waals surface area contributed by atoms with Crippen molar-refractivity contribution < 1.29 is 28.6 Å². The second kappa shape index (κ2) is 5.16. The Morgan fingerprint density at radius 1 is 1.40 bits per heavy atom. The van der Waals surface area contributed by atoms with E-state index in [1.54, 1.807) is 11.8 Å². The first-order chi connectivity index (χ1) is 9.26. The number of esters is 1. The van der Waals surface area contributed by atoms with Gasteiger partial charge in [0.25, 0.3) is 0 Å². The van der Waals surface area contributed by atoms with Gasteiger partial charge in [0.05, 0.1) is 18.9 Å². The van der Waals surface area contributed by atoms with Gasteiger partial charge in [-0.1, -0.05) is 0 Å². The van der Waals surface area contributed by atoms with Gasteiger partial charge in [0, 0.05) is 11.7 Å². The van der Waals surface area contributed by atoms with E-state index in [1.165, 1.54) is 11.8 Å². The molecule has 8 heteroatoms. The summed E-state index contributed by atoms with van der Waals surface area (Å²) in [7, 11) is 1.16. The number of nitrogens with zero attached hydrogens (tertiary/aromatic N) is 1. The van der Waals surface area contributed by atoms with Crippen LogP contribution in [0.3, 0.4) is 0 Å². The van der Waals surface area contributed by atoms with Crippen LogP contribution in [0, 0.1) is 0 Å². The maximum atomic E-state index is 12.2. The van der Waals surface area contributed by atoms with Gasteiger partial charge < -0.3 is 19.1 Å². The first-order valence-corrected chi connectivity index (χ1v) is 7.08. The average molecular weight is 303 g/mol. The van der Waals surface area contributed by atoms with Crippen LogP contribution in [0.1, 0.15) is 27.2 Å². The lowest BCUT2D eigenvalue weighted by molar-refractivity contribution is -0.179. The van der Waals surface area contributed by atoms with E-state index < -0.39 is 29.2 Å². The highest BCUT2D eigenvalue weighted by Gasteiger charge is 2.59. The van der Waals surface area contributed by atoms with Gasteiger partial charge in [-0.05, 0) is 13.8 Å². The average Bonchev–Trinajstić information content (AvgIpc) is 2.55. The first kappa shape index (κ1) is 15.0. The van der Waals surface area contributed by atoms with Crippen LogP contribution in [-0.4, -0.2) is 52.5 Å². The lowest BCUT2D eigenvalue weighted by Crippen LogP contribution is -2.57. The van der Waals surface area contributed by atoms with Gasteiger partial charge in [0.15, 0.2) is 0 Å². The largest absolute Gasteiger partial charge is 0.511 e. The molecule has 0 aromatic rings. The van der Waals surface area contributed by atoms with Crippen LogP contribution >= 0.6 is 11.8 Å². The summed E-state index contributed by atoms with van der Waals surface area (Å²) in [5.74, 6) is -0.633. The van der Waals surface area contributed by atoms with E-state index in [0.717, 1.165) is 7.11 Å². The van der Waals surface area contributed by atoms with E-state index >= 15 is 0 Å². The van der Waals surface area contributed by atoms with Gasteiger partial charge in [-0.2, -0.15) is 0 Å². The molecule has 7 nitrogen and oxygen atoms in total. The molecule has 2 rings (SSSR count).